The zero-order valence-electron chi connectivity index (χ0n) is 63.9. The second kappa shape index (κ2) is 72.0. The number of rotatable bonds is 79. The Labute approximate surface area is 600 Å². The van der Waals surface area contributed by atoms with E-state index >= 15 is 0 Å². The first kappa shape index (κ1) is 96.1. The van der Waals surface area contributed by atoms with Crippen LogP contribution in [-0.4, -0.2) is 96.7 Å². The van der Waals surface area contributed by atoms with Gasteiger partial charge in [0.25, 0.3) is 0 Å². The Morgan fingerprint density at radius 1 is 0.276 bits per heavy atom. The van der Waals surface area contributed by atoms with Gasteiger partial charge in [-0.3, -0.25) is 37.3 Å². The van der Waals surface area contributed by atoms with Crippen LogP contribution in [0.15, 0.2) is 0 Å². The van der Waals surface area contributed by atoms with Crippen molar-refractivity contribution in [2.75, 3.05) is 39.6 Å². The summed E-state index contributed by atoms with van der Waals surface area (Å²) in [4.78, 5) is 72.8. The molecule has 0 rings (SSSR count). The van der Waals surface area contributed by atoms with Crippen molar-refractivity contribution in [3.8, 4) is 0 Å². The molecule has 0 aromatic rings. The van der Waals surface area contributed by atoms with Gasteiger partial charge in [-0.15, -0.1) is 0 Å². The van der Waals surface area contributed by atoms with Gasteiger partial charge in [-0.25, -0.2) is 9.13 Å². The summed E-state index contributed by atoms with van der Waals surface area (Å²) >= 11 is 0. The van der Waals surface area contributed by atoms with Crippen molar-refractivity contribution in [1.29, 1.82) is 0 Å². The third-order valence-corrected chi connectivity index (χ3v) is 20.4. The Morgan fingerprint density at radius 3 is 0.694 bits per heavy atom. The summed E-state index contributed by atoms with van der Waals surface area (Å²) in [6.07, 6.45) is 62.9. The Kier molecular flexibility index (Phi) is 70.6. The first-order valence-electron chi connectivity index (χ1n) is 41.1. The summed E-state index contributed by atoms with van der Waals surface area (Å²) in [7, 11) is -9.91. The minimum Gasteiger partial charge on any atom is -0.462 e. The molecular formula is C79H154O17P2. The summed E-state index contributed by atoms with van der Waals surface area (Å²) in [6.45, 7) is 7.21. The molecule has 19 heteroatoms. The molecule has 582 valence electrons. The molecule has 5 atom stereocenters. The lowest BCUT2D eigenvalue weighted by Crippen LogP contribution is -2.30. The molecule has 0 spiro atoms. The average Bonchev–Trinajstić information content (AvgIpc) is 1.12. The predicted octanol–water partition coefficient (Wildman–Crippen LogP) is 23.6. The number of hydrogen-bond acceptors (Lipinski definition) is 15. The van der Waals surface area contributed by atoms with Crippen LogP contribution in [0.4, 0.5) is 0 Å². The highest BCUT2D eigenvalue weighted by Gasteiger charge is 2.30. The van der Waals surface area contributed by atoms with E-state index in [1.54, 1.807) is 0 Å². The molecule has 0 heterocycles. The van der Waals surface area contributed by atoms with Crippen molar-refractivity contribution in [1.82, 2.24) is 0 Å². The molecule has 0 amide bonds. The number of carbonyl (C=O) groups is 4. The fourth-order valence-corrected chi connectivity index (χ4v) is 13.8. The predicted molar refractivity (Wildman–Crippen MR) is 400 cm³/mol. The van der Waals surface area contributed by atoms with Crippen LogP contribution in [-0.2, 0) is 65.4 Å². The van der Waals surface area contributed by atoms with E-state index in [0.29, 0.717) is 31.6 Å². The summed E-state index contributed by atoms with van der Waals surface area (Å²) in [5.41, 5.74) is 0. The minimum atomic E-state index is -4.96. The number of aliphatic hydroxyl groups is 1. The molecule has 2 unspecified atom stereocenters. The third kappa shape index (κ3) is 72.4. The molecule has 0 saturated heterocycles. The van der Waals surface area contributed by atoms with Crippen molar-refractivity contribution < 1.29 is 80.2 Å². The van der Waals surface area contributed by atoms with Crippen LogP contribution in [0.5, 0.6) is 0 Å². The lowest BCUT2D eigenvalue weighted by atomic mass is 10.0. The lowest BCUT2D eigenvalue weighted by molar-refractivity contribution is -0.161. The Balaban J connectivity index is 5.16. The number of carbonyl (C=O) groups excluding carboxylic acids is 4. The van der Waals surface area contributed by atoms with Gasteiger partial charge in [-0.1, -0.05) is 369 Å². The van der Waals surface area contributed by atoms with Gasteiger partial charge in [-0.2, -0.15) is 0 Å². The maximum atomic E-state index is 13.1. The number of ether oxygens (including phenoxy) is 4. The van der Waals surface area contributed by atoms with Crippen molar-refractivity contribution in [2.24, 2.45) is 5.92 Å². The zero-order valence-corrected chi connectivity index (χ0v) is 65.7. The normalized spacial score (nSPS) is 13.9. The van der Waals surface area contributed by atoms with Crippen molar-refractivity contribution in [3.63, 3.8) is 0 Å². The smallest absolute Gasteiger partial charge is 0.462 e. The van der Waals surface area contributed by atoms with E-state index in [1.807, 2.05) is 0 Å². The molecular weight excluding hydrogens is 1280 g/mol. The Hall–Kier alpha value is -1.94. The summed E-state index contributed by atoms with van der Waals surface area (Å²) in [5, 5.41) is 10.6. The average molecular weight is 1440 g/mol. The molecule has 17 nitrogen and oxygen atoms in total. The standard InChI is InChI=1S/C79H154O17P2/c1-6-9-12-15-18-21-23-25-27-29-31-33-35-37-39-41-43-48-53-58-63-77(82)90-69-74(95-78(83)64-59-54-49-44-42-40-38-36-34-32-30-28-26-24-22-19-16-13-10-7-2)70-93-97(85,86)91-66-73(80)67-92-98(87,88)94-71-75(68-89-76(81)62-57-52-47-20-17-14-11-8-3)96-79(84)65-60-55-50-45-46-51-56-61-72(4)5/h72-75,80H,6-71H2,1-5H3,(H,85,86)(H,87,88)/t73-,74-,75-/m1/s1. The van der Waals surface area contributed by atoms with Gasteiger partial charge in [-0.05, 0) is 31.6 Å². The highest BCUT2D eigenvalue weighted by molar-refractivity contribution is 7.47. The number of esters is 4. The van der Waals surface area contributed by atoms with Gasteiger partial charge in [0.2, 0.25) is 0 Å². The van der Waals surface area contributed by atoms with Crippen LogP contribution in [0.1, 0.15) is 420 Å². The van der Waals surface area contributed by atoms with E-state index < -0.39 is 97.5 Å². The van der Waals surface area contributed by atoms with Gasteiger partial charge >= 0.3 is 39.5 Å². The highest BCUT2D eigenvalue weighted by Crippen LogP contribution is 2.45. The minimum absolute atomic E-state index is 0.104. The first-order chi connectivity index (χ1) is 47.5. The van der Waals surface area contributed by atoms with Crippen LogP contribution >= 0.6 is 15.6 Å². The number of aliphatic hydroxyl groups excluding tert-OH is 1. The Morgan fingerprint density at radius 2 is 0.469 bits per heavy atom. The van der Waals surface area contributed by atoms with E-state index in [4.69, 9.17) is 37.0 Å². The molecule has 0 aromatic carbocycles. The van der Waals surface area contributed by atoms with Crippen LogP contribution in [0, 0.1) is 5.92 Å². The summed E-state index contributed by atoms with van der Waals surface area (Å²) in [6, 6.07) is 0. The fraction of sp³-hybridized carbons (Fsp3) is 0.949. The van der Waals surface area contributed by atoms with Gasteiger partial charge < -0.3 is 33.8 Å². The van der Waals surface area contributed by atoms with E-state index in [9.17, 15) is 43.2 Å². The maximum absolute atomic E-state index is 13.1. The molecule has 0 aliphatic heterocycles. The Bertz CT molecular complexity index is 1870. The molecule has 0 aliphatic rings. The van der Waals surface area contributed by atoms with Crippen molar-refractivity contribution in [3.05, 3.63) is 0 Å². The topological polar surface area (TPSA) is 237 Å². The second-order valence-electron chi connectivity index (χ2n) is 28.9. The number of phosphoric acid groups is 2. The first-order valence-corrected chi connectivity index (χ1v) is 44.1. The van der Waals surface area contributed by atoms with Gasteiger partial charge in [0.05, 0.1) is 26.4 Å². The molecule has 0 fully saturated rings. The zero-order chi connectivity index (χ0) is 71.9. The molecule has 98 heavy (non-hydrogen) atoms. The monoisotopic (exact) mass is 1440 g/mol. The highest BCUT2D eigenvalue weighted by atomic mass is 31.2. The number of unbranched alkanes of at least 4 members (excludes halogenated alkanes) is 51. The summed E-state index contributed by atoms with van der Waals surface area (Å²) in [5.74, 6) is -1.42. The van der Waals surface area contributed by atoms with Gasteiger partial charge in [0, 0.05) is 25.7 Å². The van der Waals surface area contributed by atoms with Crippen LogP contribution in [0.3, 0.4) is 0 Å². The molecule has 0 radical (unpaired) electrons. The summed E-state index contributed by atoms with van der Waals surface area (Å²) < 4.78 is 68.5. The van der Waals surface area contributed by atoms with E-state index in [-0.39, 0.29) is 25.7 Å². The van der Waals surface area contributed by atoms with Crippen LogP contribution in [0.2, 0.25) is 0 Å². The molecule has 0 aliphatic carbocycles. The number of hydrogen-bond donors (Lipinski definition) is 3. The van der Waals surface area contributed by atoms with E-state index in [1.165, 1.54) is 238 Å². The lowest BCUT2D eigenvalue weighted by Gasteiger charge is -2.21. The second-order valence-corrected chi connectivity index (χ2v) is 31.8. The fourth-order valence-electron chi connectivity index (χ4n) is 12.2. The van der Waals surface area contributed by atoms with E-state index in [0.717, 1.165) is 96.3 Å². The number of phosphoric ester groups is 2. The molecule has 0 bridgehead atoms. The van der Waals surface area contributed by atoms with Crippen molar-refractivity contribution >= 4 is 39.5 Å². The molecule has 0 aromatic heterocycles. The largest absolute Gasteiger partial charge is 0.472 e. The molecule has 3 N–H and O–H groups in total. The van der Waals surface area contributed by atoms with Gasteiger partial charge in [0.15, 0.2) is 12.2 Å². The van der Waals surface area contributed by atoms with E-state index in [2.05, 4.69) is 34.6 Å². The quantitative estimate of drug-likeness (QED) is 0.0222. The van der Waals surface area contributed by atoms with Crippen LogP contribution < -0.4 is 0 Å². The van der Waals surface area contributed by atoms with Crippen LogP contribution in [0.25, 0.3) is 0 Å². The SMILES string of the molecule is CCCCCCCCCCCCCCCCCCCCCCC(=O)OC[C@H](COP(=O)(O)OC[C@@H](O)COP(=O)(O)OC[C@@H](COC(=O)CCCCCCCCCC)OC(=O)CCCCCCCCCC(C)C)OC(=O)CCCCCCCCCCCCCCCCCCCCCC. The maximum Gasteiger partial charge on any atom is 0.472 e. The third-order valence-electron chi connectivity index (χ3n) is 18.5. The molecule has 0 saturated carbocycles. The van der Waals surface area contributed by atoms with Crippen molar-refractivity contribution in [2.45, 2.75) is 438 Å². The van der Waals surface area contributed by atoms with Gasteiger partial charge in [0.1, 0.15) is 19.3 Å².